The van der Waals surface area contributed by atoms with E-state index in [9.17, 15) is 10.1 Å². The Morgan fingerprint density at radius 3 is 2.77 bits per heavy atom. The van der Waals surface area contributed by atoms with Crippen LogP contribution in [0.5, 0.6) is 0 Å². The highest BCUT2D eigenvalue weighted by molar-refractivity contribution is 5.91. The topological polar surface area (TPSA) is 83.1 Å². The van der Waals surface area contributed by atoms with E-state index in [1.165, 1.54) is 6.07 Å². The monoisotopic (exact) mass is 350 g/mol. The van der Waals surface area contributed by atoms with Crippen LogP contribution in [0.2, 0.25) is 0 Å². The molecule has 132 valence electrons. The molecule has 1 fully saturated rings. The minimum atomic E-state index is -0.384. The Bertz CT molecular complexity index is 960. The number of nitro groups is 1. The molecule has 4 rings (SSSR count). The van der Waals surface area contributed by atoms with Crippen molar-refractivity contribution in [2.75, 3.05) is 6.61 Å². The van der Waals surface area contributed by atoms with Gasteiger partial charge in [0.1, 0.15) is 0 Å². The molecule has 3 aromatic rings. The lowest BCUT2D eigenvalue weighted by Gasteiger charge is -2.23. The molecule has 7 heteroatoms. The molecule has 1 atom stereocenters. The number of hydrogen-bond donors (Lipinski definition) is 0. The van der Waals surface area contributed by atoms with Gasteiger partial charge in [-0.2, -0.15) is 5.10 Å². The molecule has 1 aliphatic rings. The quantitative estimate of drug-likeness (QED) is 0.520. The second-order valence-electron chi connectivity index (χ2n) is 6.22. The molecule has 1 unspecified atom stereocenters. The molecule has 0 radical (unpaired) electrons. The maximum absolute atomic E-state index is 11.2. The fraction of sp³-hybridized carbons (Fsp3) is 0.263. The van der Waals surface area contributed by atoms with Gasteiger partial charge in [0.2, 0.25) is 0 Å². The number of hydrogen-bond acceptors (Lipinski definition) is 5. The van der Waals surface area contributed by atoms with Crippen LogP contribution < -0.4 is 0 Å². The van der Waals surface area contributed by atoms with Gasteiger partial charge in [0.05, 0.1) is 16.1 Å². The summed E-state index contributed by atoms with van der Waals surface area (Å²) in [6.45, 7) is 0.684. The molecule has 1 aromatic carbocycles. The zero-order valence-corrected chi connectivity index (χ0v) is 14.1. The summed E-state index contributed by atoms with van der Waals surface area (Å²) < 4.78 is 7.63. The third-order valence-corrected chi connectivity index (χ3v) is 4.50. The zero-order chi connectivity index (χ0) is 17.9. The highest BCUT2D eigenvalue weighted by Gasteiger charge is 2.22. The normalized spacial score (nSPS) is 17.8. The minimum absolute atomic E-state index is 0.0547. The molecule has 0 aliphatic carbocycles. The molecule has 26 heavy (non-hydrogen) atoms. The molecule has 7 nitrogen and oxygen atoms in total. The Morgan fingerprint density at radius 2 is 2.04 bits per heavy atom. The van der Waals surface area contributed by atoms with Crippen LogP contribution in [-0.2, 0) is 4.74 Å². The summed E-state index contributed by atoms with van der Waals surface area (Å²) in [7, 11) is 0. The molecule has 0 spiro atoms. The third-order valence-electron chi connectivity index (χ3n) is 4.50. The molecular weight excluding hydrogens is 332 g/mol. The van der Waals surface area contributed by atoms with Crippen LogP contribution in [0, 0.1) is 10.1 Å². The number of nitro benzene ring substituents is 1. The van der Waals surface area contributed by atoms with Crippen LogP contribution in [0.1, 0.15) is 36.7 Å². The Kier molecular flexibility index (Phi) is 4.45. The Balaban J connectivity index is 1.79. The van der Waals surface area contributed by atoms with E-state index in [-0.39, 0.29) is 16.8 Å². The van der Waals surface area contributed by atoms with Crippen molar-refractivity contribution in [2.24, 2.45) is 0 Å². The largest absolute Gasteiger partial charge is 0.356 e. The molecule has 3 heterocycles. The summed E-state index contributed by atoms with van der Waals surface area (Å²) in [5.41, 5.74) is 2.55. The van der Waals surface area contributed by atoms with Crippen molar-refractivity contribution < 1.29 is 9.66 Å². The van der Waals surface area contributed by atoms with Gasteiger partial charge in [-0.3, -0.25) is 15.1 Å². The summed E-state index contributed by atoms with van der Waals surface area (Å²) in [6.07, 6.45) is 10.1. The molecular formula is C19H18N4O3. The summed E-state index contributed by atoms with van der Waals surface area (Å²) in [4.78, 5) is 14.8. The molecule has 0 saturated carbocycles. The zero-order valence-electron chi connectivity index (χ0n) is 14.1. The second kappa shape index (κ2) is 7.05. The van der Waals surface area contributed by atoms with Crippen LogP contribution in [0.4, 0.5) is 5.69 Å². The maximum atomic E-state index is 11.2. The molecule has 2 aromatic heterocycles. The van der Waals surface area contributed by atoms with Crippen molar-refractivity contribution in [3.05, 3.63) is 64.1 Å². The van der Waals surface area contributed by atoms with Crippen molar-refractivity contribution in [1.29, 1.82) is 0 Å². The van der Waals surface area contributed by atoms with Crippen molar-refractivity contribution in [2.45, 2.75) is 25.5 Å². The first-order valence-electron chi connectivity index (χ1n) is 8.59. The number of aromatic nitrogens is 3. The fourth-order valence-corrected chi connectivity index (χ4v) is 3.17. The Hall–Kier alpha value is -3.06. The van der Waals surface area contributed by atoms with E-state index in [1.807, 2.05) is 24.3 Å². The Labute approximate surface area is 150 Å². The van der Waals surface area contributed by atoms with E-state index in [0.717, 1.165) is 41.4 Å². The van der Waals surface area contributed by atoms with Gasteiger partial charge in [-0.1, -0.05) is 6.08 Å². The van der Waals surface area contributed by atoms with Crippen molar-refractivity contribution in [3.63, 3.8) is 0 Å². The van der Waals surface area contributed by atoms with E-state index in [0.29, 0.717) is 6.61 Å². The summed E-state index contributed by atoms with van der Waals surface area (Å²) in [5, 5.41) is 16.7. The van der Waals surface area contributed by atoms with Crippen molar-refractivity contribution in [1.82, 2.24) is 14.8 Å². The van der Waals surface area contributed by atoms with Gasteiger partial charge < -0.3 is 4.74 Å². The number of benzene rings is 1. The number of pyridine rings is 1. The van der Waals surface area contributed by atoms with Gasteiger partial charge in [-0.15, -0.1) is 0 Å². The van der Waals surface area contributed by atoms with E-state index in [4.69, 9.17) is 9.84 Å². The van der Waals surface area contributed by atoms with Crippen LogP contribution in [0.25, 0.3) is 23.1 Å². The van der Waals surface area contributed by atoms with Crippen LogP contribution in [-0.4, -0.2) is 26.3 Å². The fourth-order valence-electron chi connectivity index (χ4n) is 3.17. The highest BCUT2D eigenvalue weighted by atomic mass is 16.6. The second-order valence-corrected chi connectivity index (χ2v) is 6.22. The molecule has 1 aliphatic heterocycles. The third kappa shape index (κ3) is 3.21. The van der Waals surface area contributed by atoms with Gasteiger partial charge in [-0.05, 0) is 49.1 Å². The minimum Gasteiger partial charge on any atom is -0.356 e. The molecule has 0 bridgehead atoms. The predicted octanol–water partition coefficient (Wildman–Crippen LogP) is 4.21. The van der Waals surface area contributed by atoms with E-state index < -0.39 is 0 Å². The Morgan fingerprint density at radius 1 is 1.19 bits per heavy atom. The van der Waals surface area contributed by atoms with Crippen LogP contribution in [0.15, 0.2) is 42.7 Å². The van der Waals surface area contributed by atoms with Crippen molar-refractivity contribution in [3.8, 4) is 0 Å². The lowest BCUT2D eigenvalue weighted by Crippen LogP contribution is -2.19. The number of ether oxygens (including phenoxy) is 1. The first-order valence-corrected chi connectivity index (χ1v) is 8.59. The van der Waals surface area contributed by atoms with Gasteiger partial charge >= 0.3 is 0 Å². The summed E-state index contributed by atoms with van der Waals surface area (Å²) in [5.74, 6) is 0. The standard InChI is InChI=1S/C19H18N4O3/c24-23(25)15-5-6-16-17(7-4-14-8-10-20-11-9-14)21-22(18(16)13-15)19-3-1-2-12-26-19/h4-11,13,19H,1-3,12H2/b7-4+. The average Bonchev–Trinajstić information content (AvgIpc) is 3.06. The van der Waals surface area contributed by atoms with Crippen LogP contribution >= 0.6 is 0 Å². The average molecular weight is 350 g/mol. The van der Waals surface area contributed by atoms with E-state index in [2.05, 4.69) is 4.98 Å². The van der Waals surface area contributed by atoms with Gasteiger partial charge in [0, 0.05) is 36.5 Å². The first kappa shape index (κ1) is 16.4. The van der Waals surface area contributed by atoms with E-state index in [1.54, 1.807) is 29.2 Å². The molecule has 1 saturated heterocycles. The van der Waals surface area contributed by atoms with E-state index >= 15 is 0 Å². The number of rotatable bonds is 4. The number of non-ortho nitro benzene ring substituents is 1. The summed E-state index contributed by atoms with van der Waals surface area (Å²) >= 11 is 0. The van der Waals surface area contributed by atoms with Gasteiger partial charge in [0.15, 0.2) is 6.23 Å². The lowest BCUT2D eigenvalue weighted by atomic mass is 10.1. The number of fused-ring (bicyclic) bond motifs is 1. The first-order chi connectivity index (χ1) is 12.7. The lowest BCUT2D eigenvalue weighted by molar-refractivity contribution is -0.384. The molecule has 0 amide bonds. The summed E-state index contributed by atoms with van der Waals surface area (Å²) in [6, 6.07) is 8.66. The van der Waals surface area contributed by atoms with Crippen LogP contribution in [0.3, 0.4) is 0 Å². The SMILES string of the molecule is O=[N+]([O-])c1ccc2c(/C=C/c3ccncc3)nn(C3CCCCO3)c2c1. The smallest absolute Gasteiger partial charge is 0.271 e. The van der Waals surface area contributed by atoms with Gasteiger partial charge in [0.25, 0.3) is 5.69 Å². The van der Waals surface area contributed by atoms with Crippen molar-refractivity contribution >= 4 is 28.7 Å². The predicted molar refractivity (Wildman–Crippen MR) is 98.4 cm³/mol. The molecule has 0 N–H and O–H groups in total. The number of nitrogens with zero attached hydrogens (tertiary/aromatic N) is 4. The maximum Gasteiger partial charge on any atom is 0.271 e. The van der Waals surface area contributed by atoms with Gasteiger partial charge in [-0.25, -0.2) is 4.68 Å². The highest BCUT2D eigenvalue weighted by Crippen LogP contribution is 2.31.